The summed E-state index contributed by atoms with van der Waals surface area (Å²) in [4.78, 5) is 17.3. The topological polar surface area (TPSA) is 50.1 Å². The van der Waals surface area contributed by atoms with Gasteiger partial charge in [-0.25, -0.2) is 4.68 Å². The summed E-state index contributed by atoms with van der Waals surface area (Å²) < 4.78 is 1.59. The van der Waals surface area contributed by atoms with Crippen molar-refractivity contribution in [2.45, 2.75) is 27.7 Å². The summed E-state index contributed by atoms with van der Waals surface area (Å²) in [6, 6.07) is 13.9. The van der Waals surface area contributed by atoms with Gasteiger partial charge in [-0.15, -0.1) is 0 Å². The predicted molar refractivity (Wildman–Crippen MR) is 99.0 cm³/mol. The van der Waals surface area contributed by atoms with Crippen molar-refractivity contribution < 1.29 is 0 Å². The molecule has 0 fully saturated rings. The Morgan fingerprint density at radius 3 is 2.46 bits per heavy atom. The summed E-state index contributed by atoms with van der Waals surface area (Å²) in [5.74, 6) is 0. The quantitative estimate of drug-likeness (QED) is 0.724. The van der Waals surface area contributed by atoms with Gasteiger partial charge in [0.15, 0.2) is 0 Å². The Hall–Kier alpha value is -2.88. The fourth-order valence-electron chi connectivity index (χ4n) is 2.78. The molecule has 0 aliphatic heterocycles. The molecule has 1 N–H and O–H groups in total. The fraction of sp³-hybridized carbons (Fsp3) is 0.200. The van der Waals surface area contributed by atoms with Crippen LogP contribution in [0.3, 0.4) is 0 Å². The van der Waals surface area contributed by atoms with Crippen molar-refractivity contribution in [1.82, 2.24) is 9.78 Å². The molecule has 0 aliphatic rings. The molecule has 122 valence electrons. The van der Waals surface area contributed by atoms with E-state index in [4.69, 9.17) is 0 Å². The minimum absolute atomic E-state index is 0.0863. The number of aromatic amines is 1. The Morgan fingerprint density at radius 1 is 1.00 bits per heavy atom. The molecule has 3 rings (SSSR count). The summed E-state index contributed by atoms with van der Waals surface area (Å²) in [5, 5.41) is 3.15. The third-order valence-electron chi connectivity index (χ3n) is 4.16. The van der Waals surface area contributed by atoms with E-state index in [2.05, 4.69) is 16.2 Å². The van der Waals surface area contributed by atoms with Crippen LogP contribution in [0, 0.1) is 27.7 Å². The monoisotopic (exact) mass is 319 g/mol. The lowest BCUT2D eigenvalue weighted by Crippen LogP contribution is -2.18. The number of nitrogens with one attached hydrogen (secondary N) is 1. The van der Waals surface area contributed by atoms with Crippen LogP contribution in [-0.4, -0.2) is 16.0 Å². The first-order chi connectivity index (χ1) is 11.5. The number of rotatable bonds is 3. The highest BCUT2D eigenvalue weighted by atomic mass is 16.1. The Balaban J connectivity index is 2.04. The highest BCUT2D eigenvalue weighted by Crippen LogP contribution is 2.17. The summed E-state index contributed by atoms with van der Waals surface area (Å²) in [6.07, 6.45) is 1.65. The second kappa shape index (κ2) is 6.32. The van der Waals surface area contributed by atoms with Gasteiger partial charge in [0, 0.05) is 11.9 Å². The SMILES string of the molecule is Cc1ccc(-n2[nH]c(C)c(C=Nc3ccccc3C)c2=O)c(C)c1. The van der Waals surface area contributed by atoms with Crippen molar-refractivity contribution in [3.8, 4) is 5.69 Å². The number of benzene rings is 2. The van der Waals surface area contributed by atoms with Gasteiger partial charge in [-0.3, -0.25) is 14.9 Å². The highest BCUT2D eigenvalue weighted by molar-refractivity contribution is 5.83. The van der Waals surface area contributed by atoms with Crippen LogP contribution in [0.25, 0.3) is 5.69 Å². The van der Waals surface area contributed by atoms with E-state index >= 15 is 0 Å². The van der Waals surface area contributed by atoms with Crippen molar-refractivity contribution in [2.24, 2.45) is 4.99 Å². The molecule has 24 heavy (non-hydrogen) atoms. The second-order valence-corrected chi connectivity index (χ2v) is 6.13. The molecule has 1 aromatic heterocycles. The summed E-state index contributed by atoms with van der Waals surface area (Å²) in [5.41, 5.74) is 6.35. The van der Waals surface area contributed by atoms with E-state index in [-0.39, 0.29) is 5.56 Å². The molecular weight excluding hydrogens is 298 g/mol. The third-order valence-corrected chi connectivity index (χ3v) is 4.16. The van der Waals surface area contributed by atoms with E-state index in [1.807, 2.05) is 64.1 Å². The molecular formula is C20H21N3O. The largest absolute Gasteiger partial charge is 0.295 e. The average Bonchev–Trinajstić information content (AvgIpc) is 2.81. The van der Waals surface area contributed by atoms with E-state index in [0.717, 1.165) is 28.2 Å². The minimum Gasteiger partial charge on any atom is -0.295 e. The zero-order valence-electron chi connectivity index (χ0n) is 14.4. The number of para-hydroxylation sites is 1. The molecule has 0 unspecified atom stereocenters. The third kappa shape index (κ3) is 2.95. The van der Waals surface area contributed by atoms with Crippen LogP contribution in [-0.2, 0) is 0 Å². The number of hydrogen-bond acceptors (Lipinski definition) is 2. The van der Waals surface area contributed by atoms with Gasteiger partial charge in [0.05, 0.1) is 16.9 Å². The smallest absolute Gasteiger partial charge is 0.280 e. The molecule has 0 saturated heterocycles. The van der Waals surface area contributed by atoms with Gasteiger partial charge >= 0.3 is 0 Å². The Bertz CT molecular complexity index is 977. The van der Waals surface area contributed by atoms with E-state index in [1.54, 1.807) is 10.9 Å². The number of aryl methyl sites for hydroxylation is 4. The Morgan fingerprint density at radius 2 is 1.75 bits per heavy atom. The molecule has 3 aromatic rings. The van der Waals surface area contributed by atoms with E-state index in [9.17, 15) is 4.79 Å². The molecule has 2 aromatic carbocycles. The first kappa shape index (κ1) is 16.0. The number of hydrogen-bond donors (Lipinski definition) is 1. The highest BCUT2D eigenvalue weighted by Gasteiger charge is 2.12. The molecule has 1 heterocycles. The molecule has 4 heteroatoms. The molecule has 0 atom stereocenters. The molecule has 0 bridgehead atoms. The normalized spacial score (nSPS) is 11.3. The Labute approximate surface area is 141 Å². The molecule has 4 nitrogen and oxygen atoms in total. The number of aliphatic imine (C=N–C) groups is 1. The van der Waals surface area contributed by atoms with Crippen LogP contribution >= 0.6 is 0 Å². The standard InChI is InChI=1S/C20H21N3O/c1-13-9-10-19(15(3)11-13)23-20(24)17(16(4)22-23)12-21-18-8-6-5-7-14(18)2/h5-12,22H,1-4H3. The number of aromatic nitrogens is 2. The van der Waals surface area contributed by atoms with E-state index < -0.39 is 0 Å². The second-order valence-electron chi connectivity index (χ2n) is 6.13. The lowest BCUT2D eigenvalue weighted by Gasteiger charge is -2.06. The Kier molecular flexibility index (Phi) is 4.21. The van der Waals surface area contributed by atoms with Crippen LogP contribution in [0.5, 0.6) is 0 Å². The lowest BCUT2D eigenvalue weighted by atomic mass is 10.1. The van der Waals surface area contributed by atoms with Gasteiger partial charge < -0.3 is 0 Å². The van der Waals surface area contributed by atoms with Crippen LogP contribution in [0.2, 0.25) is 0 Å². The molecule has 0 aliphatic carbocycles. The van der Waals surface area contributed by atoms with Gasteiger partial charge in [0.25, 0.3) is 5.56 Å². The molecule has 0 saturated carbocycles. The lowest BCUT2D eigenvalue weighted by molar-refractivity contribution is 0.828. The van der Waals surface area contributed by atoms with Crippen molar-refractivity contribution in [3.05, 3.63) is 80.8 Å². The van der Waals surface area contributed by atoms with E-state index in [0.29, 0.717) is 5.56 Å². The van der Waals surface area contributed by atoms with Crippen LogP contribution in [0.15, 0.2) is 52.3 Å². The van der Waals surface area contributed by atoms with Gasteiger partial charge in [-0.05, 0) is 51.0 Å². The first-order valence-electron chi connectivity index (χ1n) is 7.96. The average molecular weight is 319 g/mol. The van der Waals surface area contributed by atoms with Gasteiger partial charge in [-0.1, -0.05) is 35.9 Å². The van der Waals surface area contributed by atoms with Crippen molar-refractivity contribution in [2.75, 3.05) is 0 Å². The van der Waals surface area contributed by atoms with Crippen LogP contribution in [0.4, 0.5) is 5.69 Å². The van der Waals surface area contributed by atoms with Crippen molar-refractivity contribution in [1.29, 1.82) is 0 Å². The molecule has 0 amide bonds. The maximum absolute atomic E-state index is 12.8. The van der Waals surface area contributed by atoms with Crippen LogP contribution < -0.4 is 5.56 Å². The summed E-state index contributed by atoms with van der Waals surface area (Å²) in [7, 11) is 0. The maximum atomic E-state index is 12.8. The van der Waals surface area contributed by atoms with Crippen molar-refractivity contribution >= 4 is 11.9 Å². The molecule has 0 radical (unpaired) electrons. The zero-order valence-corrected chi connectivity index (χ0v) is 14.4. The fourth-order valence-corrected chi connectivity index (χ4v) is 2.78. The first-order valence-corrected chi connectivity index (χ1v) is 7.96. The van der Waals surface area contributed by atoms with Crippen molar-refractivity contribution in [3.63, 3.8) is 0 Å². The predicted octanol–water partition coefficient (Wildman–Crippen LogP) is 4.15. The van der Waals surface area contributed by atoms with Gasteiger partial charge in [0.2, 0.25) is 0 Å². The minimum atomic E-state index is -0.0863. The van der Waals surface area contributed by atoms with E-state index in [1.165, 1.54) is 5.56 Å². The number of nitrogens with zero attached hydrogens (tertiary/aromatic N) is 2. The zero-order chi connectivity index (χ0) is 17.3. The number of H-pyrrole nitrogens is 1. The van der Waals surface area contributed by atoms with Gasteiger partial charge in [-0.2, -0.15) is 0 Å². The molecule has 0 spiro atoms. The summed E-state index contributed by atoms with van der Waals surface area (Å²) in [6.45, 7) is 7.94. The summed E-state index contributed by atoms with van der Waals surface area (Å²) >= 11 is 0. The van der Waals surface area contributed by atoms with Crippen LogP contribution in [0.1, 0.15) is 27.9 Å². The van der Waals surface area contributed by atoms with Gasteiger partial charge in [0.1, 0.15) is 0 Å². The maximum Gasteiger partial charge on any atom is 0.280 e.